The summed E-state index contributed by atoms with van der Waals surface area (Å²) in [6, 6.07) is 6.58. The summed E-state index contributed by atoms with van der Waals surface area (Å²) in [5.41, 5.74) is 6.11. The Labute approximate surface area is 120 Å². The van der Waals surface area contributed by atoms with E-state index in [-0.39, 0.29) is 17.4 Å². The number of rotatable bonds is 7. The molecule has 0 aliphatic carbocycles. The molecule has 0 aromatic heterocycles. The molecule has 19 heavy (non-hydrogen) atoms. The molecule has 5 nitrogen and oxygen atoms in total. The van der Waals surface area contributed by atoms with Crippen LogP contribution in [0.3, 0.4) is 0 Å². The highest BCUT2D eigenvalue weighted by atomic mass is 32.2. The molecule has 0 saturated heterocycles. The number of nitrogens with two attached hydrogens (primary N) is 1. The van der Waals surface area contributed by atoms with Gasteiger partial charge in [0.15, 0.2) is 0 Å². The van der Waals surface area contributed by atoms with E-state index in [2.05, 4.69) is 5.32 Å². The maximum Gasteiger partial charge on any atom is 0.321 e. The summed E-state index contributed by atoms with van der Waals surface area (Å²) < 4.78 is 0. The van der Waals surface area contributed by atoms with Crippen molar-refractivity contribution in [1.82, 2.24) is 0 Å². The molecule has 0 aliphatic rings. The zero-order valence-corrected chi connectivity index (χ0v) is 12.1. The lowest BCUT2D eigenvalue weighted by atomic mass is 10.3. The minimum atomic E-state index is -1.05. The summed E-state index contributed by atoms with van der Waals surface area (Å²) in [7, 11) is 0. The number of thioether (sulfide) groups is 2. The van der Waals surface area contributed by atoms with Gasteiger partial charge < -0.3 is 16.2 Å². The van der Waals surface area contributed by atoms with Crippen LogP contribution in [0.1, 0.15) is 0 Å². The molecule has 1 aromatic rings. The van der Waals surface area contributed by atoms with Gasteiger partial charge in [-0.05, 0) is 18.4 Å². The van der Waals surface area contributed by atoms with Crippen molar-refractivity contribution in [2.75, 3.05) is 23.1 Å². The van der Waals surface area contributed by atoms with Crippen LogP contribution in [0.5, 0.6) is 0 Å². The van der Waals surface area contributed by atoms with Crippen LogP contribution in [0, 0.1) is 0 Å². The Hall–Kier alpha value is -1.18. The van der Waals surface area contributed by atoms with Gasteiger partial charge in [0.1, 0.15) is 6.04 Å². The molecule has 0 fully saturated rings. The van der Waals surface area contributed by atoms with Crippen LogP contribution >= 0.6 is 23.5 Å². The average Bonchev–Trinajstić information content (AvgIpc) is 2.39. The lowest BCUT2D eigenvalue weighted by Crippen LogP contribution is -2.33. The standard InChI is InChI=1S/C12H16N2O3S2/c1-18-10-5-3-2-4-9(10)14-11(15)7-19-6-8(13)12(16)17/h2-5,8H,6-7,13H2,1H3,(H,14,15)(H,16,17)/t8-/m1/s1. The van der Waals surface area contributed by atoms with Crippen LogP contribution in [0.25, 0.3) is 0 Å². The molecule has 0 saturated carbocycles. The van der Waals surface area contributed by atoms with Crippen molar-refractivity contribution in [3.63, 3.8) is 0 Å². The Kier molecular flexibility index (Phi) is 6.75. The van der Waals surface area contributed by atoms with Gasteiger partial charge in [-0.1, -0.05) is 12.1 Å². The number of benzene rings is 1. The minimum Gasteiger partial charge on any atom is -0.480 e. The molecule has 0 bridgehead atoms. The zero-order valence-electron chi connectivity index (χ0n) is 10.5. The van der Waals surface area contributed by atoms with Gasteiger partial charge in [0.2, 0.25) is 5.91 Å². The molecule has 1 atom stereocenters. The van der Waals surface area contributed by atoms with E-state index in [0.717, 1.165) is 10.6 Å². The molecule has 1 aromatic carbocycles. The first-order valence-corrected chi connectivity index (χ1v) is 7.91. The summed E-state index contributed by atoms with van der Waals surface area (Å²) >= 11 is 2.76. The third kappa shape index (κ3) is 5.54. The van der Waals surface area contributed by atoms with Crippen molar-refractivity contribution in [2.24, 2.45) is 5.73 Å². The number of carboxylic acids is 1. The largest absolute Gasteiger partial charge is 0.480 e. The number of hydrogen-bond acceptors (Lipinski definition) is 5. The van der Waals surface area contributed by atoms with Gasteiger partial charge in [0.05, 0.1) is 11.4 Å². The van der Waals surface area contributed by atoms with E-state index >= 15 is 0 Å². The van der Waals surface area contributed by atoms with Crippen molar-refractivity contribution in [3.05, 3.63) is 24.3 Å². The van der Waals surface area contributed by atoms with Crippen LogP contribution in [0.15, 0.2) is 29.2 Å². The Morgan fingerprint density at radius 2 is 2.11 bits per heavy atom. The highest BCUT2D eigenvalue weighted by Crippen LogP contribution is 2.24. The van der Waals surface area contributed by atoms with E-state index in [0.29, 0.717) is 0 Å². The van der Waals surface area contributed by atoms with Crippen LogP contribution in [-0.4, -0.2) is 40.8 Å². The molecule has 104 valence electrons. The van der Waals surface area contributed by atoms with Crippen molar-refractivity contribution in [3.8, 4) is 0 Å². The van der Waals surface area contributed by atoms with Crippen LogP contribution in [-0.2, 0) is 9.59 Å². The fourth-order valence-corrected chi connectivity index (χ4v) is 2.61. The van der Waals surface area contributed by atoms with Gasteiger partial charge in [-0.2, -0.15) is 0 Å². The first-order chi connectivity index (χ1) is 9.04. The molecule has 0 aliphatic heterocycles. The summed E-state index contributed by atoms with van der Waals surface area (Å²) in [6.07, 6.45) is 1.94. The summed E-state index contributed by atoms with van der Waals surface area (Å²) in [5.74, 6) is -0.818. The SMILES string of the molecule is CSc1ccccc1NC(=O)CSC[C@@H](N)C(=O)O. The molecule has 0 spiro atoms. The number of hydrogen-bond donors (Lipinski definition) is 3. The Morgan fingerprint density at radius 1 is 1.42 bits per heavy atom. The summed E-state index contributed by atoms with van der Waals surface area (Å²) in [6.45, 7) is 0. The monoisotopic (exact) mass is 300 g/mol. The Morgan fingerprint density at radius 3 is 2.74 bits per heavy atom. The lowest BCUT2D eigenvalue weighted by molar-refractivity contribution is -0.137. The fraction of sp³-hybridized carbons (Fsp3) is 0.333. The molecule has 1 amide bonds. The van der Waals surface area contributed by atoms with Gasteiger partial charge >= 0.3 is 5.97 Å². The van der Waals surface area contributed by atoms with E-state index in [9.17, 15) is 9.59 Å². The second-order valence-corrected chi connectivity index (χ2v) is 5.59. The molecule has 7 heteroatoms. The number of amides is 1. The second kappa shape index (κ2) is 8.08. The average molecular weight is 300 g/mol. The highest BCUT2D eigenvalue weighted by Gasteiger charge is 2.12. The van der Waals surface area contributed by atoms with Gasteiger partial charge in [-0.3, -0.25) is 9.59 Å². The van der Waals surface area contributed by atoms with E-state index in [1.54, 1.807) is 11.8 Å². The normalized spacial score (nSPS) is 11.9. The number of carboxylic acid groups (broad SMARTS) is 1. The number of anilines is 1. The smallest absolute Gasteiger partial charge is 0.321 e. The number of nitrogens with one attached hydrogen (secondary N) is 1. The first-order valence-electron chi connectivity index (χ1n) is 5.53. The van der Waals surface area contributed by atoms with Crippen LogP contribution in [0.4, 0.5) is 5.69 Å². The third-order valence-electron chi connectivity index (χ3n) is 2.23. The predicted molar refractivity (Wildman–Crippen MR) is 79.8 cm³/mol. The summed E-state index contributed by atoms with van der Waals surface area (Å²) in [4.78, 5) is 23.2. The molecular weight excluding hydrogens is 284 g/mol. The Bertz CT molecular complexity index is 454. The van der Waals surface area contributed by atoms with E-state index < -0.39 is 12.0 Å². The predicted octanol–water partition coefficient (Wildman–Crippen LogP) is 1.49. The van der Waals surface area contributed by atoms with E-state index in [1.807, 2.05) is 30.5 Å². The molecular formula is C12H16N2O3S2. The van der Waals surface area contributed by atoms with E-state index in [1.165, 1.54) is 11.8 Å². The van der Waals surface area contributed by atoms with Gasteiger partial charge in [0, 0.05) is 10.6 Å². The summed E-state index contributed by atoms with van der Waals surface area (Å²) in [5, 5.41) is 11.4. The van der Waals surface area contributed by atoms with Gasteiger partial charge in [0.25, 0.3) is 0 Å². The minimum absolute atomic E-state index is 0.163. The fourth-order valence-electron chi connectivity index (χ4n) is 1.28. The first kappa shape index (κ1) is 15.9. The Balaban J connectivity index is 2.41. The van der Waals surface area contributed by atoms with Crippen molar-refractivity contribution in [2.45, 2.75) is 10.9 Å². The maximum atomic E-state index is 11.7. The number of aliphatic carboxylic acids is 1. The number of para-hydroxylation sites is 1. The molecule has 0 heterocycles. The van der Waals surface area contributed by atoms with Crippen molar-refractivity contribution < 1.29 is 14.7 Å². The maximum absolute atomic E-state index is 11.7. The third-order valence-corrected chi connectivity index (χ3v) is 4.09. The van der Waals surface area contributed by atoms with Crippen molar-refractivity contribution >= 4 is 41.1 Å². The number of carbonyl (C=O) groups excluding carboxylic acids is 1. The van der Waals surface area contributed by atoms with Crippen LogP contribution < -0.4 is 11.1 Å². The van der Waals surface area contributed by atoms with E-state index in [4.69, 9.17) is 10.8 Å². The quantitative estimate of drug-likeness (QED) is 0.661. The zero-order chi connectivity index (χ0) is 14.3. The van der Waals surface area contributed by atoms with Crippen molar-refractivity contribution in [1.29, 1.82) is 0 Å². The molecule has 1 rings (SSSR count). The lowest BCUT2D eigenvalue weighted by Gasteiger charge is -2.09. The highest BCUT2D eigenvalue weighted by molar-refractivity contribution is 8.00. The molecule has 0 radical (unpaired) electrons. The van der Waals surface area contributed by atoms with Crippen LogP contribution in [0.2, 0.25) is 0 Å². The number of carbonyl (C=O) groups is 2. The van der Waals surface area contributed by atoms with Gasteiger partial charge in [-0.25, -0.2) is 0 Å². The topological polar surface area (TPSA) is 92.4 Å². The molecule has 4 N–H and O–H groups in total. The molecule has 0 unspecified atom stereocenters. The second-order valence-electron chi connectivity index (χ2n) is 3.71. The van der Waals surface area contributed by atoms with Gasteiger partial charge in [-0.15, -0.1) is 23.5 Å².